The molecule has 2 N–H and O–H groups in total. The van der Waals surface area contributed by atoms with Gasteiger partial charge in [-0.1, -0.05) is 25.1 Å². The molecule has 0 fully saturated rings. The average Bonchev–Trinajstić information content (AvgIpc) is 2.93. The van der Waals surface area contributed by atoms with E-state index in [9.17, 15) is 4.79 Å². The lowest BCUT2D eigenvalue weighted by Gasteiger charge is -2.15. The van der Waals surface area contributed by atoms with E-state index in [1.165, 1.54) is 5.69 Å². The number of rotatable bonds is 8. The first-order valence-corrected chi connectivity index (χ1v) is 8.16. The number of imidazole rings is 1. The molecule has 2 rings (SSSR count). The standard InChI is InChI=1S/C18H26N4O/c1-4-15-7-5-6-8-17(15)21-18(23)11-14(2)20-10-9-16-12-19-13-22(16)3/h5-8,12-14,20H,4,9-11H2,1-3H3,(H,21,23)/t14-/m1/s1. The molecule has 0 bridgehead atoms. The molecule has 2 aromatic rings. The Balaban J connectivity index is 1.75. The summed E-state index contributed by atoms with van der Waals surface area (Å²) in [6, 6.07) is 8.08. The number of carbonyl (C=O) groups excluding carboxylic acids is 1. The summed E-state index contributed by atoms with van der Waals surface area (Å²) >= 11 is 0. The number of anilines is 1. The molecule has 0 unspecified atom stereocenters. The van der Waals surface area contributed by atoms with E-state index in [1.807, 2.05) is 49.0 Å². The molecule has 5 heteroatoms. The second kappa shape index (κ2) is 8.48. The van der Waals surface area contributed by atoms with E-state index >= 15 is 0 Å². The van der Waals surface area contributed by atoms with Crippen LogP contribution in [0.1, 0.15) is 31.5 Å². The van der Waals surface area contributed by atoms with Crippen molar-refractivity contribution in [3.63, 3.8) is 0 Å². The van der Waals surface area contributed by atoms with Crippen molar-refractivity contribution in [1.29, 1.82) is 0 Å². The molecule has 23 heavy (non-hydrogen) atoms. The van der Waals surface area contributed by atoms with Crippen molar-refractivity contribution in [2.24, 2.45) is 7.05 Å². The van der Waals surface area contributed by atoms with Gasteiger partial charge in [0.05, 0.1) is 6.33 Å². The maximum absolute atomic E-state index is 12.2. The van der Waals surface area contributed by atoms with E-state index < -0.39 is 0 Å². The summed E-state index contributed by atoms with van der Waals surface area (Å²) in [5.41, 5.74) is 3.27. The third kappa shape index (κ3) is 5.21. The fraction of sp³-hybridized carbons (Fsp3) is 0.444. The fourth-order valence-electron chi connectivity index (χ4n) is 2.57. The third-order valence-corrected chi connectivity index (χ3v) is 3.95. The summed E-state index contributed by atoms with van der Waals surface area (Å²) < 4.78 is 2.01. The Labute approximate surface area is 138 Å². The highest BCUT2D eigenvalue weighted by Gasteiger charge is 2.10. The number of nitrogens with zero attached hydrogens (tertiary/aromatic N) is 2. The number of aryl methyl sites for hydroxylation is 2. The SMILES string of the molecule is CCc1ccccc1NC(=O)C[C@@H](C)NCCc1cncn1C. The van der Waals surface area contributed by atoms with Crippen molar-refractivity contribution in [3.8, 4) is 0 Å². The van der Waals surface area contributed by atoms with Gasteiger partial charge in [-0.3, -0.25) is 4.79 Å². The molecular weight excluding hydrogens is 288 g/mol. The molecule has 1 atom stereocenters. The third-order valence-electron chi connectivity index (χ3n) is 3.95. The van der Waals surface area contributed by atoms with Gasteiger partial charge in [0.25, 0.3) is 0 Å². The fourth-order valence-corrected chi connectivity index (χ4v) is 2.57. The van der Waals surface area contributed by atoms with Gasteiger partial charge < -0.3 is 15.2 Å². The molecule has 0 aliphatic carbocycles. The van der Waals surface area contributed by atoms with Gasteiger partial charge in [0.1, 0.15) is 0 Å². The number of para-hydroxylation sites is 1. The minimum absolute atomic E-state index is 0.0476. The van der Waals surface area contributed by atoms with Gasteiger partial charge in [0, 0.05) is 50.1 Å². The molecule has 0 spiro atoms. The van der Waals surface area contributed by atoms with Crippen molar-refractivity contribution in [3.05, 3.63) is 48.0 Å². The Morgan fingerprint density at radius 2 is 2.13 bits per heavy atom. The zero-order chi connectivity index (χ0) is 16.7. The summed E-state index contributed by atoms with van der Waals surface area (Å²) in [5, 5.41) is 6.40. The number of carbonyl (C=O) groups is 1. The molecule has 0 aliphatic heterocycles. The Bertz CT molecular complexity index is 635. The van der Waals surface area contributed by atoms with Gasteiger partial charge in [-0.25, -0.2) is 4.98 Å². The maximum atomic E-state index is 12.2. The van der Waals surface area contributed by atoms with Crippen LogP contribution in [0.15, 0.2) is 36.8 Å². The molecule has 1 aromatic carbocycles. The number of aromatic nitrogens is 2. The van der Waals surface area contributed by atoms with Crippen LogP contribution in [0.2, 0.25) is 0 Å². The first-order chi connectivity index (χ1) is 11.1. The summed E-state index contributed by atoms with van der Waals surface area (Å²) in [4.78, 5) is 16.3. The van der Waals surface area contributed by atoms with Crippen LogP contribution in [0.4, 0.5) is 5.69 Å². The molecule has 0 saturated heterocycles. The monoisotopic (exact) mass is 314 g/mol. The quantitative estimate of drug-likeness (QED) is 0.787. The molecular formula is C18H26N4O. The van der Waals surface area contributed by atoms with E-state index in [1.54, 1.807) is 6.33 Å². The predicted molar refractivity (Wildman–Crippen MR) is 93.4 cm³/mol. The largest absolute Gasteiger partial charge is 0.338 e. The highest BCUT2D eigenvalue weighted by Crippen LogP contribution is 2.15. The van der Waals surface area contributed by atoms with Crippen LogP contribution in [-0.4, -0.2) is 28.0 Å². The Morgan fingerprint density at radius 3 is 2.83 bits per heavy atom. The number of nitrogens with one attached hydrogen (secondary N) is 2. The maximum Gasteiger partial charge on any atom is 0.225 e. The van der Waals surface area contributed by atoms with Crippen molar-refractivity contribution in [1.82, 2.24) is 14.9 Å². The highest BCUT2D eigenvalue weighted by molar-refractivity contribution is 5.91. The van der Waals surface area contributed by atoms with Crippen molar-refractivity contribution >= 4 is 11.6 Å². The van der Waals surface area contributed by atoms with E-state index in [-0.39, 0.29) is 11.9 Å². The van der Waals surface area contributed by atoms with Crippen molar-refractivity contribution in [2.75, 3.05) is 11.9 Å². The number of benzene rings is 1. The van der Waals surface area contributed by atoms with E-state index in [0.717, 1.165) is 30.6 Å². The first-order valence-electron chi connectivity index (χ1n) is 8.16. The zero-order valence-electron chi connectivity index (χ0n) is 14.2. The van der Waals surface area contributed by atoms with E-state index in [4.69, 9.17) is 0 Å². The van der Waals surface area contributed by atoms with Crippen LogP contribution in [0.5, 0.6) is 0 Å². The van der Waals surface area contributed by atoms with Crippen LogP contribution in [0, 0.1) is 0 Å². The lowest BCUT2D eigenvalue weighted by Crippen LogP contribution is -2.32. The van der Waals surface area contributed by atoms with Gasteiger partial charge in [0.2, 0.25) is 5.91 Å². The van der Waals surface area contributed by atoms with Crippen LogP contribution >= 0.6 is 0 Å². The van der Waals surface area contributed by atoms with Gasteiger partial charge >= 0.3 is 0 Å². The van der Waals surface area contributed by atoms with Gasteiger partial charge in [-0.05, 0) is 25.0 Å². The molecule has 124 valence electrons. The Kier molecular flexibility index (Phi) is 6.35. The minimum Gasteiger partial charge on any atom is -0.338 e. The molecule has 0 saturated carbocycles. The van der Waals surface area contributed by atoms with Gasteiger partial charge in [-0.15, -0.1) is 0 Å². The number of hydrogen-bond donors (Lipinski definition) is 2. The first kappa shape index (κ1) is 17.2. The average molecular weight is 314 g/mol. The molecule has 0 radical (unpaired) electrons. The molecule has 1 heterocycles. The summed E-state index contributed by atoms with van der Waals surface area (Å²) in [6.45, 7) is 4.96. The Hall–Kier alpha value is -2.14. The van der Waals surface area contributed by atoms with Crippen LogP contribution in [0.3, 0.4) is 0 Å². The molecule has 1 aromatic heterocycles. The van der Waals surface area contributed by atoms with Crippen LogP contribution in [0.25, 0.3) is 0 Å². The topological polar surface area (TPSA) is 59.0 Å². The minimum atomic E-state index is 0.0476. The molecule has 5 nitrogen and oxygen atoms in total. The second-order valence-electron chi connectivity index (χ2n) is 5.86. The number of amides is 1. The lowest BCUT2D eigenvalue weighted by molar-refractivity contribution is -0.116. The summed E-state index contributed by atoms with van der Waals surface area (Å²) in [6.07, 6.45) is 5.96. The van der Waals surface area contributed by atoms with E-state index in [2.05, 4.69) is 22.5 Å². The van der Waals surface area contributed by atoms with Crippen molar-refractivity contribution < 1.29 is 4.79 Å². The summed E-state index contributed by atoms with van der Waals surface area (Å²) in [5.74, 6) is 0.0476. The summed E-state index contributed by atoms with van der Waals surface area (Å²) in [7, 11) is 1.99. The smallest absolute Gasteiger partial charge is 0.225 e. The zero-order valence-corrected chi connectivity index (χ0v) is 14.2. The normalized spacial score (nSPS) is 12.1. The second-order valence-corrected chi connectivity index (χ2v) is 5.86. The highest BCUT2D eigenvalue weighted by atomic mass is 16.1. The van der Waals surface area contributed by atoms with E-state index in [0.29, 0.717) is 6.42 Å². The van der Waals surface area contributed by atoms with Crippen LogP contribution < -0.4 is 10.6 Å². The van der Waals surface area contributed by atoms with Crippen molar-refractivity contribution in [2.45, 2.75) is 39.2 Å². The van der Waals surface area contributed by atoms with Gasteiger partial charge in [0.15, 0.2) is 0 Å². The molecule has 1 amide bonds. The number of hydrogen-bond acceptors (Lipinski definition) is 3. The Morgan fingerprint density at radius 1 is 1.35 bits per heavy atom. The van der Waals surface area contributed by atoms with Gasteiger partial charge in [-0.2, -0.15) is 0 Å². The van der Waals surface area contributed by atoms with Crippen LogP contribution in [-0.2, 0) is 24.7 Å². The predicted octanol–water partition coefficient (Wildman–Crippen LogP) is 2.53. The molecule has 0 aliphatic rings. The lowest BCUT2D eigenvalue weighted by atomic mass is 10.1.